The summed E-state index contributed by atoms with van der Waals surface area (Å²) < 4.78 is 1.75. The normalized spacial score (nSPS) is 18.7. The molecule has 96 valence electrons. The van der Waals surface area contributed by atoms with Crippen molar-refractivity contribution < 1.29 is 0 Å². The summed E-state index contributed by atoms with van der Waals surface area (Å²) in [5.74, 6) is 0.828. The molecule has 1 aromatic rings. The fraction of sp³-hybridized carbons (Fsp3) is 0.833. The van der Waals surface area contributed by atoms with Crippen molar-refractivity contribution in [2.75, 3.05) is 26.2 Å². The van der Waals surface area contributed by atoms with Gasteiger partial charge in [-0.1, -0.05) is 12.1 Å². The van der Waals surface area contributed by atoms with Gasteiger partial charge in [-0.15, -0.1) is 5.10 Å². The molecule has 5 heteroatoms. The van der Waals surface area contributed by atoms with Crippen molar-refractivity contribution in [3.05, 3.63) is 11.9 Å². The van der Waals surface area contributed by atoms with Crippen LogP contribution in [0, 0.1) is 5.92 Å². The predicted molar refractivity (Wildman–Crippen MR) is 67.5 cm³/mol. The molecule has 17 heavy (non-hydrogen) atoms. The van der Waals surface area contributed by atoms with Gasteiger partial charge in [0, 0.05) is 19.8 Å². The van der Waals surface area contributed by atoms with Crippen molar-refractivity contribution in [3.8, 4) is 0 Å². The smallest absolute Gasteiger partial charge is 0.0964 e. The van der Waals surface area contributed by atoms with Crippen molar-refractivity contribution in [1.29, 1.82) is 0 Å². The van der Waals surface area contributed by atoms with Gasteiger partial charge in [0.2, 0.25) is 0 Å². The summed E-state index contributed by atoms with van der Waals surface area (Å²) in [7, 11) is 1.90. The summed E-state index contributed by atoms with van der Waals surface area (Å²) in [6.45, 7) is 7.89. The molecule has 0 unspecified atom stereocenters. The first-order chi connectivity index (χ1) is 8.28. The van der Waals surface area contributed by atoms with E-state index in [1.54, 1.807) is 4.68 Å². The quantitative estimate of drug-likeness (QED) is 0.816. The van der Waals surface area contributed by atoms with E-state index in [0.29, 0.717) is 0 Å². The molecule has 1 fully saturated rings. The van der Waals surface area contributed by atoms with E-state index in [9.17, 15) is 0 Å². The molecule has 0 radical (unpaired) electrons. The highest BCUT2D eigenvalue weighted by Gasteiger charge is 2.17. The topological polar surface area (TPSA) is 46.0 Å². The Balaban J connectivity index is 1.63. The molecule has 0 bridgehead atoms. The van der Waals surface area contributed by atoms with Crippen molar-refractivity contribution in [3.63, 3.8) is 0 Å². The molecule has 0 atom stereocenters. The molecule has 1 aliphatic rings. The van der Waals surface area contributed by atoms with Crippen LogP contribution in [-0.4, -0.2) is 46.1 Å². The van der Waals surface area contributed by atoms with Crippen molar-refractivity contribution in [2.45, 2.75) is 26.3 Å². The summed E-state index contributed by atoms with van der Waals surface area (Å²) in [5, 5.41) is 11.5. The van der Waals surface area contributed by atoms with Gasteiger partial charge in [-0.3, -0.25) is 4.68 Å². The SMILES string of the molecule is CCN1CCC(CNCc2cn(C)nn2)CC1. The molecule has 1 N–H and O–H groups in total. The highest BCUT2D eigenvalue weighted by Crippen LogP contribution is 2.15. The second kappa shape index (κ2) is 6.12. The van der Waals surface area contributed by atoms with E-state index in [0.717, 1.165) is 24.7 Å². The maximum atomic E-state index is 4.07. The molecule has 1 saturated heterocycles. The molecule has 1 aromatic heterocycles. The zero-order chi connectivity index (χ0) is 12.1. The zero-order valence-corrected chi connectivity index (χ0v) is 10.9. The summed E-state index contributed by atoms with van der Waals surface area (Å²) >= 11 is 0. The molecule has 1 aliphatic heterocycles. The first kappa shape index (κ1) is 12.5. The van der Waals surface area contributed by atoms with Crippen LogP contribution in [0.2, 0.25) is 0 Å². The number of piperidine rings is 1. The number of aryl methyl sites for hydroxylation is 1. The lowest BCUT2D eigenvalue weighted by molar-refractivity contribution is 0.190. The van der Waals surface area contributed by atoms with E-state index in [4.69, 9.17) is 0 Å². The highest BCUT2D eigenvalue weighted by atomic mass is 15.4. The minimum absolute atomic E-state index is 0.828. The van der Waals surface area contributed by atoms with Gasteiger partial charge in [0.25, 0.3) is 0 Å². The number of aromatic nitrogens is 3. The number of nitrogens with zero attached hydrogens (tertiary/aromatic N) is 4. The molecule has 2 heterocycles. The monoisotopic (exact) mass is 237 g/mol. The Labute approximate surface area is 103 Å². The lowest BCUT2D eigenvalue weighted by Crippen LogP contribution is -2.36. The molecule has 0 spiro atoms. The number of likely N-dealkylation sites (tertiary alicyclic amines) is 1. The minimum Gasteiger partial charge on any atom is -0.311 e. The van der Waals surface area contributed by atoms with Crippen LogP contribution in [-0.2, 0) is 13.6 Å². The molecule has 5 nitrogen and oxygen atoms in total. The van der Waals surface area contributed by atoms with Crippen LogP contribution in [0.15, 0.2) is 6.20 Å². The van der Waals surface area contributed by atoms with Gasteiger partial charge in [-0.2, -0.15) is 0 Å². The Morgan fingerprint density at radius 1 is 1.41 bits per heavy atom. The average Bonchev–Trinajstić information content (AvgIpc) is 2.76. The molecular weight excluding hydrogens is 214 g/mol. The highest BCUT2D eigenvalue weighted by molar-refractivity contribution is 4.91. The number of rotatable bonds is 5. The van der Waals surface area contributed by atoms with Crippen LogP contribution in [0.1, 0.15) is 25.5 Å². The van der Waals surface area contributed by atoms with E-state index in [2.05, 4.69) is 27.5 Å². The Morgan fingerprint density at radius 2 is 2.18 bits per heavy atom. The van der Waals surface area contributed by atoms with E-state index in [-0.39, 0.29) is 0 Å². The number of hydrogen-bond acceptors (Lipinski definition) is 4. The van der Waals surface area contributed by atoms with Gasteiger partial charge in [-0.25, -0.2) is 0 Å². The number of nitrogens with one attached hydrogen (secondary N) is 1. The lowest BCUT2D eigenvalue weighted by atomic mass is 9.97. The Hall–Kier alpha value is -0.940. The predicted octanol–water partition coefficient (Wildman–Crippen LogP) is 0.637. The molecule has 0 saturated carbocycles. The second-order valence-corrected chi connectivity index (χ2v) is 4.89. The molecule has 0 aliphatic carbocycles. The molecule has 0 amide bonds. The molecule has 0 aromatic carbocycles. The largest absolute Gasteiger partial charge is 0.311 e. The standard InChI is InChI=1S/C12H23N5/c1-3-17-6-4-11(5-7-17)8-13-9-12-10-16(2)15-14-12/h10-11,13H,3-9H2,1-2H3. The first-order valence-corrected chi connectivity index (χ1v) is 6.56. The Bertz CT molecular complexity index is 327. The fourth-order valence-corrected chi connectivity index (χ4v) is 2.39. The number of hydrogen-bond donors (Lipinski definition) is 1. The van der Waals surface area contributed by atoms with Crippen molar-refractivity contribution >= 4 is 0 Å². The van der Waals surface area contributed by atoms with E-state index < -0.39 is 0 Å². The minimum atomic E-state index is 0.828. The van der Waals surface area contributed by atoms with Crippen molar-refractivity contribution in [1.82, 2.24) is 25.2 Å². The Morgan fingerprint density at radius 3 is 2.76 bits per heavy atom. The van der Waals surface area contributed by atoms with Gasteiger partial charge in [-0.05, 0) is 44.9 Å². The fourth-order valence-electron chi connectivity index (χ4n) is 2.39. The molecular formula is C12H23N5. The maximum absolute atomic E-state index is 4.07. The van der Waals surface area contributed by atoms with Crippen LogP contribution in [0.4, 0.5) is 0 Å². The van der Waals surface area contributed by atoms with Gasteiger partial charge in [0.1, 0.15) is 0 Å². The van der Waals surface area contributed by atoms with Crippen molar-refractivity contribution in [2.24, 2.45) is 13.0 Å². The van der Waals surface area contributed by atoms with Gasteiger partial charge in [0.15, 0.2) is 0 Å². The second-order valence-electron chi connectivity index (χ2n) is 4.89. The van der Waals surface area contributed by atoms with E-state index in [1.807, 2.05) is 13.2 Å². The van der Waals surface area contributed by atoms with Crippen LogP contribution >= 0.6 is 0 Å². The Kier molecular flexibility index (Phi) is 4.50. The van der Waals surface area contributed by atoms with Crippen LogP contribution in [0.3, 0.4) is 0 Å². The van der Waals surface area contributed by atoms with Gasteiger partial charge < -0.3 is 10.2 Å². The maximum Gasteiger partial charge on any atom is 0.0964 e. The van der Waals surface area contributed by atoms with Gasteiger partial charge in [0.05, 0.1) is 5.69 Å². The third kappa shape index (κ3) is 3.78. The van der Waals surface area contributed by atoms with Gasteiger partial charge >= 0.3 is 0 Å². The van der Waals surface area contributed by atoms with Crippen LogP contribution < -0.4 is 5.32 Å². The van der Waals surface area contributed by atoms with E-state index >= 15 is 0 Å². The third-order valence-electron chi connectivity index (χ3n) is 3.54. The summed E-state index contributed by atoms with van der Waals surface area (Å²) in [5.41, 5.74) is 1.03. The summed E-state index contributed by atoms with van der Waals surface area (Å²) in [4.78, 5) is 2.53. The average molecular weight is 237 g/mol. The van der Waals surface area contributed by atoms with E-state index in [1.165, 1.54) is 32.5 Å². The third-order valence-corrected chi connectivity index (χ3v) is 3.54. The van der Waals surface area contributed by atoms with Crippen LogP contribution in [0.25, 0.3) is 0 Å². The summed E-state index contributed by atoms with van der Waals surface area (Å²) in [6.07, 6.45) is 4.61. The first-order valence-electron chi connectivity index (χ1n) is 6.56. The lowest BCUT2D eigenvalue weighted by Gasteiger charge is -2.31. The summed E-state index contributed by atoms with van der Waals surface area (Å²) in [6, 6.07) is 0. The van der Waals surface area contributed by atoms with Crippen LogP contribution in [0.5, 0.6) is 0 Å². The zero-order valence-electron chi connectivity index (χ0n) is 10.9. The molecule has 2 rings (SSSR count).